The quantitative estimate of drug-likeness (QED) is 0.700. The van der Waals surface area contributed by atoms with E-state index in [0.29, 0.717) is 11.1 Å². The minimum atomic E-state index is -0.457. The average Bonchev–Trinajstić information content (AvgIpc) is 2.56. The minimum Gasteiger partial charge on any atom is -0.508 e. The second-order valence-electron chi connectivity index (χ2n) is 2.65. The highest BCUT2D eigenvalue weighted by molar-refractivity contribution is 5.63. The lowest BCUT2D eigenvalue weighted by atomic mass is 10.1. The molecule has 0 atom stereocenters. The molecule has 4 heteroatoms. The average molecular weight is 178 g/mol. The second-order valence-corrected chi connectivity index (χ2v) is 2.65. The fourth-order valence-corrected chi connectivity index (χ4v) is 1.14. The zero-order valence-corrected chi connectivity index (χ0v) is 6.66. The zero-order valence-electron chi connectivity index (χ0n) is 6.66. The van der Waals surface area contributed by atoms with E-state index in [2.05, 4.69) is 10.2 Å². The predicted octanol–water partition coefficient (Wildman–Crippen LogP) is 1.92. The molecule has 13 heavy (non-hydrogen) atoms. The topological polar surface area (TPSA) is 48.9 Å². The second kappa shape index (κ2) is 2.90. The molecule has 2 rings (SSSR count). The Morgan fingerprint density at radius 1 is 1.38 bits per heavy atom. The molecule has 2 N–H and O–H groups in total. The number of rotatable bonds is 1. The lowest BCUT2D eigenvalue weighted by Crippen LogP contribution is -1.81. The third-order valence-electron chi connectivity index (χ3n) is 1.76. The van der Waals surface area contributed by atoms with Gasteiger partial charge in [0.15, 0.2) is 0 Å². The van der Waals surface area contributed by atoms with Gasteiger partial charge < -0.3 is 5.11 Å². The smallest absolute Gasteiger partial charge is 0.134 e. The summed E-state index contributed by atoms with van der Waals surface area (Å²) in [5.41, 5.74) is 1.09. The van der Waals surface area contributed by atoms with Crippen molar-refractivity contribution >= 4 is 0 Å². The SMILES string of the molecule is Oc1ccc(-c2cn[nH]c2)c(F)c1. The predicted molar refractivity (Wildman–Crippen MR) is 45.6 cm³/mol. The van der Waals surface area contributed by atoms with Crippen molar-refractivity contribution in [1.29, 1.82) is 0 Å². The first kappa shape index (κ1) is 7.79. The first-order valence-corrected chi connectivity index (χ1v) is 3.75. The van der Waals surface area contributed by atoms with Gasteiger partial charge in [-0.3, -0.25) is 5.10 Å². The summed E-state index contributed by atoms with van der Waals surface area (Å²) in [6.45, 7) is 0. The Morgan fingerprint density at radius 2 is 2.23 bits per heavy atom. The van der Waals surface area contributed by atoms with Crippen molar-refractivity contribution in [2.24, 2.45) is 0 Å². The van der Waals surface area contributed by atoms with E-state index in [1.54, 1.807) is 6.20 Å². The van der Waals surface area contributed by atoms with Gasteiger partial charge in [0.2, 0.25) is 0 Å². The maximum absolute atomic E-state index is 13.2. The summed E-state index contributed by atoms with van der Waals surface area (Å²) in [4.78, 5) is 0. The van der Waals surface area contributed by atoms with E-state index < -0.39 is 5.82 Å². The summed E-state index contributed by atoms with van der Waals surface area (Å²) in [6.07, 6.45) is 3.12. The molecule has 3 nitrogen and oxygen atoms in total. The number of H-pyrrole nitrogens is 1. The van der Waals surface area contributed by atoms with Crippen LogP contribution in [0.15, 0.2) is 30.6 Å². The van der Waals surface area contributed by atoms with Gasteiger partial charge in [-0.05, 0) is 12.1 Å². The summed E-state index contributed by atoms with van der Waals surface area (Å²) < 4.78 is 13.2. The molecule has 66 valence electrons. The Kier molecular flexibility index (Phi) is 1.73. The standard InChI is InChI=1S/C9H7FN2O/c10-9-3-7(13)1-2-8(9)6-4-11-12-5-6/h1-5,13H,(H,11,12). The van der Waals surface area contributed by atoms with Gasteiger partial charge in [-0.25, -0.2) is 4.39 Å². The zero-order chi connectivity index (χ0) is 9.26. The van der Waals surface area contributed by atoms with Crippen molar-refractivity contribution in [3.05, 3.63) is 36.4 Å². The number of nitrogens with zero attached hydrogens (tertiary/aromatic N) is 1. The molecule has 0 bridgehead atoms. The number of aromatic amines is 1. The van der Waals surface area contributed by atoms with E-state index in [9.17, 15) is 4.39 Å². The van der Waals surface area contributed by atoms with Crippen LogP contribution < -0.4 is 0 Å². The fraction of sp³-hybridized carbons (Fsp3) is 0. The summed E-state index contributed by atoms with van der Waals surface area (Å²) >= 11 is 0. The number of hydrogen-bond acceptors (Lipinski definition) is 2. The maximum atomic E-state index is 13.2. The summed E-state index contributed by atoms with van der Waals surface area (Å²) in [5, 5.41) is 15.3. The van der Waals surface area contributed by atoms with Crippen LogP contribution in [0.1, 0.15) is 0 Å². The van der Waals surface area contributed by atoms with Crippen LogP contribution in [-0.2, 0) is 0 Å². The number of halogens is 1. The molecule has 0 unspecified atom stereocenters. The van der Waals surface area contributed by atoms with E-state index in [1.165, 1.54) is 18.3 Å². The molecule has 0 aliphatic rings. The molecule has 0 aliphatic carbocycles. The van der Waals surface area contributed by atoms with E-state index in [-0.39, 0.29) is 5.75 Å². The van der Waals surface area contributed by atoms with Crippen molar-refractivity contribution < 1.29 is 9.50 Å². The number of benzene rings is 1. The third-order valence-corrected chi connectivity index (χ3v) is 1.76. The highest BCUT2D eigenvalue weighted by Crippen LogP contribution is 2.24. The fourth-order valence-electron chi connectivity index (χ4n) is 1.14. The van der Waals surface area contributed by atoms with Gasteiger partial charge in [0.1, 0.15) is 11.6 Å². The van der Waals surface area contributed by atoms with Crippen LogP contribution in [0.5, 0.6) is 5.75 Å². The molecular formula is C9H7FN2O. The van der Waals surface area contributed by atoms with Crippen molar-refractivity contribution in [3.63, 3.8) is 0 Å². The highest BCUT2D eigenvalue weighted by Gasteiger charge is 2.05. The van der Waals surface area contributed by atoms with Gasteiger partial charge in [-0.15, -0.1) is 0 Å². The van der Waals surface area contributed by atoms with Crippen LogP contribution in [-0.4, -0.2) is 15.3 Å². The van der Waals surface area contributed by atoms with Crippen LogP contribution in [0.3, 0.4) is 0 Å². The molecule has 1 aromatic carbocycles. The van der Waals surface area contributed by atoms with Gasteiger partial charge >= 0.3 is 0 Å². The molecular weight excluding hydrogens is 171 g/mol. The first-order chi connectivity index (χ1) is 6.27. The van der Waals surface area contributed by atoms with Crippen molar-refractivity contribution in [2.45, 2.75) is 0 Å². The Morgan fingerprint density at radius 3 is 2.85 bits per heavy atom. The normalized spacial score (nSPS) is 10.2. The molecule has 0 fully saturated rings. The number of nitrogens with one attached hydrogen (secondary N) is 1. The van der Waals surface area contributed by atoms with E-state index in [1.807, 2.05) is 0 Å². The molecule has 0 spiro atoms. The number of phenols is 1. The van der Waals surface area contributed by atoms with Gasteiger partial charge in [0, 0.05) is 23.4 Å². The molecule has 1 heterocycles. The van der Waals surface area contributed by atoms with Crippen LogP contribution in [0, 0.1) is 5.82 Å². The van der Waals surface area contributed by atoms with Crippen molar-refractivity contribution in [2.75, 3.05) is 0 Å². The Balaban J connectivity index is 2.53. The number of aromatic hydroxyl groups is 1. The summed E-state index contributed by atoms with van der Waals surface area (Å²) in [7, 11) is 0. The van der Waals surface area contributed by atoms with E-state index >= 15 is 0 Å². The summed E-state index contributed by atoms with van der Waals surface area (Å²) in [5.74, 6) is -0.536. The van der Waals surface area contributed by atoms with Crippen LogP contribution in [0.2, 0.25) is 0 Å². The summed E-state index contributed by atoms with van der Waals surface area (Å²) in [6, 6.07) is 4.02. The molecule has 0 radical (unpaired) electrons. The van der Waals surface area contributed by atoms with Crippen LogP contribution >= 0.6 is 0 Å². The van der Waals surface area contributed by atoms with Gasteiger partial charge in [0.05, 0.1) is 6.20 Å². The first-order valence-electron chi connectivity index (χ1n) is 3.75. The molecule has 0 saturated carbocycles. The molecule has 1 aromatic heterocycles. The molecule has 2 aromatic rings. The maximum Gasteiger partial charge on any atom is 0.134 e. The van der Waals surface area contributed by atoms with Crippen LogP contribution in [0.4, 0.5) is 4.39 Å². The lowest BCUT2D eigenvalue weighted by molar-refractivity contribution is 0.469. The number of hydrogen-bond donors (Lipinski definition) is 2. The lowest BCUT2D eigenvalue weighted by Gasteiger charge is -1.99. The van der Waals surface area contributed by atoms with Crippen molar-refractivity contribution in [3.8, 4) is 16.9 Å². The Labute approximate surface area is 73.8 Å². The number of aromatic nitrogens is 2. The highest BCUT2D eigenvalue weighted by atomic mass is 19.1. The van der Waals surface area contributed by atoms with Gasteiger partial charge in [0.25, 0.3) is 0 Å². The minimum absolute atomic E-state index is 0.0789. The monoisotopic (exact) mass is 178 g/mol. The number of phenolic OH excluding ortho intramolecular Hbond substituents is 1. The third kappa shape index (κ3) is 1.38. The van der Waals surface area contributed by atoms with E-state index in [4.69, 9.17) is 5.11 Å². The van der Waals surface area contributed by atoms with Crippen LogP contribution in [0.25, 0.3) is 11.1 Å². The molecule has 0 amide bonds. The van der Waals surface area contributed by atoms with Gasteiger partial charge in [-0.1, -0.05) is 0 Å². The van der Waals surface area contributed by atoms with E-state index in [0.717, 1.165) is 6.07 Å². The molecule has 0 aliphatic heterocycles. The van der Waals surface area contributed by atoms with Gasteiger partial charge in [-0.2, -0.15) is 5.10 Å². The molecule has 0 saturated heterocycles. The van der Waals surface area contributed by atoms with Crippen molar-refractivity contribution in [1.82, 2.24) is 10.2 Å². The Bertz CT molecular complexity index is 412. The largest absolute Gasteiger partial charge is 0.508 e. The Hall–Kier alpha value is -1.84.